The number of anilines is 1. The van der Waals surface area contributed by atoms with Crippen LogP contribution in [0.25, 0.3) is 21.3 Å². The highest BCUT2D eigenvalue weighted by atomic mass is 32.2. The lowest BCUT2D eigenvalue weighted by Gasteiger charge is -2.16. The summed E-state index contributed by atoms with van der Waals surface area (Å²) in [6, 6.07) is 16.3. The molecule has 0 aliphatic carbocycles. The SMILES string of the molecule is CCC(Sc1ncnc2scc(-c3ccccc3)c12)C(=O)Nc1cc(C)cc(C)c1. The van der Waals surface area contributed by atoms with Crippen LogP contribution in [-0.4, -0.2) is 21.1 Å². The first-order chi connectivity index (χ1) is 14.5. The monoisotopic (exact) mass is 433 g/mol. The van der Waals surface area contributed by atoms with Crippen molar-refractivity contribution in [3.63, 3.8) is 0 Å². The predicted octanol–water partition coefficient (Wildman–Crippen LogP) is 6.48. The van der Waals surface area contributed by atoms with Gasteiger partial charge in [-0.25, -0.2) is 9.97 Å². The van der Waals surface area contributed by atoms with Crippen LogP contribution >= 0.6 is 23.1 Å². The zero-order valence-electron chi connectivity index (χ0n) is 17.2. The van der Waals surface area contributed by atoms with Crippen molar-refractivity contribution in [2.24, 2.45) is 0 Å². The van der Waals surface area contributed by atoms with Gasteiger partial charge in [-0.1, -0.05) is 55.1 Å². The Hall–Kier alpha value is -2.70. The molecule has 1 atom stereocenters. The number of thiophene rings is 1. The van der Waals surface area contributed by atoms with E-state index in [1.165, 1.54) is 11.8 Å². The molecule has 0 saturated heterocycles. The molecule has 30 heavy (non-hydrogen) atoms. The van der Waals surface area contributed by atoms with Gasteiger partial charge in [-0.3, -0.25) is 4.79 Å². The Kier molecular flexibility index (Phi) is 6.16. The predicted molar refractivity (Wildman–Crippen MR) is 127 cm³/mol. The Labute approximate surface area is 184 Å². The smallest absolute Gasteiger partial charge is 0.237 e. The van der Waals surface area contributed by atoms with E-state index < -0.39 is 0 Å². The largest absolute Gasteiger partial charge is 0.325 e. The molecule has 2 aromatic heterocycles. The van der Waals surface area contributed by atoms with Gasteiger partial charge >= 0.3 is 0 Å². The van der Waals surface area contributed by atoms with E-state index >= 15 is 0 Å². The second kappa shape index (κ2) is 8.98. The van der Waals surface area contributed by atoms with E-state index in [0.717, 1.165) is 43.2 Å². The van der Waals surface area contributed by atoms with Gasteiger partial charge in [0.25, 0.3) is 0 Å². The molecule has 0 bridgehead atoms. The summed E-state index contributed by atoms with van der Waals surface area (Å²) in [7, 11) is 0. The number of amides is 1. The van der Waals surface area contributed by atoms with Crippen molar-refractivity contribution in [1.29, 1.82) is 0 Å². The number of rotatable bonds is 6. The van der Waals surface area contributed by atoms with Gasteiger partial charge in [0.2, 0.25) is 5.91 Å². The molecule has 152 valence electrons. The van der Waals surface area contributed by atoms with E-state index in [1.54, 1.807) is 17.7 Å². The fourth-order valence-electron chi connectivity index (χ4n) is 3.49. The van der Waals surface area contributed by atoms with Crippen molar-refractivity contribution in [3.8, 4) is 11.1 Å². The third-order valence-electron chi connectivity index (χ3n) is 4.83. The summed E-state index contributed by atoms with van der Waals surface area (Å²) in [5, 5.41) is 6.83. The van der Waals surface area contributed by atoms with Crippen molar-refractivity contribution in [2.75, 3.05) is 5.32 Å². The lowest BCUT2D eigenvalue weighted by molar-refractivity contribution is -0.115. The first kappa shape index (κ1) is 20.6. The molecule has 2 heterocycles. The summed E-state index contributed by atoms with van der Waals surface area (Å²) in [5.74, 6) is -0.00393. The van der Waals surface area contributed by atoms with Gasteiger partial charge in [0, 0.05) is 16.6 Å². The molecule has 4 rings (SSSR count). The molecule has 1 unspecified atom stereocenters. The van der Waals surface area contributed by atoms with Crippen LogP contribution in [0, 0.1) is 13.8 Å². The molecule has 0 fully saturated rings. The zero-order chi connectivity index (χ0) is 21.1. The van der Waals surface area contributed by atoms with Crippen LogP contribution in [0.15, 0.2) is 65.3 Å². The summed E-state index contributed by atoms with van der Waals surface area (Å²) >= 11 is 3.12. The fourth-order valence-corrected chi connectivity index (χ4v) is 5.51. The molecule has 0 aliphatic rings. The van der Waals surface area contributed by atoms with Crippen molar-refractivity contribution in [1.82, 2.24) is 9.97 Å². The molecule has 0 radical (unpaired) electrons. The van der Waals surface area contributed by atoms with Gasteiger partial charge in [-0.15, -0.1) is 11.3 Å². The molecule has 4 aromatic rings. The third-order valence-corrected chi connectivity index (χ3v) is 7.08. The van der Waals surface area contributed by atoms with E-state index in [0.29, 0.717) is 6.42 Å². The quantitative estimate of drug-likeness (QED) is 0.279. The lowest BCUT2D eigenvalue weighted by atomic mass is 10.1. The van der Waals surface area contributed by atoms with Crippen molar-refractivity contribution < 1.29 is 4.79 Å². The van der Waals surface area contributed by atoms with Gasteiger partial charge in [0.05, 0.1) is 10.6 Å². The summed E-state index contributed by atoms with van der Waals surface area (Å²) in [4.78, 5) is 23.0. The zero-order valence-corrected chi connectivity index (χ0v) is 18.8. The number of nitrogens with zero attached hydrogens (tertiary/aromatic N) is 2. The summed E-state index contributed by atoms with van der Waals surface area (Å²) in [6.07, 6.45) is 2.29. The molecule has 1 N–H and O–H groups in total. The van der Waals surface area contributed by atoms with E-state index in [-0.39, 0.29) is 11.2 Å². The Balaban J connectivity index is 1.63. The molecule has 0 spiro atoms. The normalized spacial score (nSPS) is 12.1. The second-order valence-electron chi connectivity index (χ2n) is 7.25. The van der Waals surface area contributed by atoms with Crippen LogP contribution in [0.4, 0.5) is 5.69 Å². The number of thioether (sulfide) groups is 1. The minimum absolute atomic E-state index is 0.00393. The van der Waals surface area contributed by atoms with E-state index in [2.05, 4.69) is 38.9 Å². The Morgan fingerprint density at radius 1 is 1.10 bits per heavy atom. The number of benzene rings is 2. The van der Waals surface area contributed by atoms with E-state index in [1.807, 2.05) is 51.1 Å². The Morgan fingerprint density at radius 2 is 1.83 bits per heavy atom. The average Bonchev–Trinajstić information content (AvgIpc) is 3.17. The molecule has 0 saturated carbocycles. The summed E-state index contributed by atoms with van der Waals surface area (Å²) < 4.78 is 0. The molecule has 1 amide bonds. The topological polar surface area (TPSA) is 54.9 Å². The second-order valence-corrected chi connectivity index (χ2v) is 9.30. The molecule has 2 aromatic carbocycles. The first-order valence-corrected chi connectivity index (χ1v) is 11.6. The first-order valence-electron chi connectivity index (χ1n) is 9.88. The highest BCUT2D eigenvalue weighted by Crippen LogP contribution is 2.39. The number of hydrogen-bond acceptors (Lipinski definition) is 5. The number of carbonyl (C=O) groups is 1. The number of carbonyl (C=O) groups excluding carboxylic acids is 1. The van der Waals surface area contributed by atoms with Crippen molar-refractivity contribution >= 4 is 44.9 Å². The maximum atomic E-state index is 13.0. The van der Waals surface area contributed by atoms with E-state index in [9.17, 15) is 4.79 Å². The summed E-state index contributed by atoms with van der Waals surface area (Å²) in [5.41, 5.74) is 5.35. The third kappa shape index (κ3) is 4.40. The van der Waals surface area contributed by atoms with Crippen LogP contribution in [0.2, 0.25) is 0 Å². The van der Waals surface area contributed by atoms with Crippen LogP contribution in [-0.2, 0) is 4.79 Å². The van der Waals surface area contributed by atoms with Gasteiger partial charge < -0.3 is 5.32 Å². The molecule has 6 heteroatoms. The number of hydrogen-bond donors (Lipinski definition) is 1. The van der Waals surface area contributed by atoms with Gasteiger partial charge in [0.15, 0.2) is 0 Å². The van der Waals surface area contributed by atoms with Crippen molar-refractivity contribution in [3.05, 3.63) is 71.4 Å². The molecule has 0 aliphatic heterocycles. The van der Waals surface area contributed by atoms with Gasteiger partial charge in [0.1, 0.15) is 16.2 Å². The van der Waals surface area contributed by atoms with Gasteiger partial charge in [-0.2, -0.15) is 0 Å². The fraction of sp³-hybridized carbons (Fsp3) is 0.208. The Bertz CT molecular complexity index is 1170. The van der Waals surface area contributed by atoms with Crippen LogP contribution in [0.3, 0.4) is 0 Å². The summed E-state index contributed by atoms with van der Waals surface area (Å²) in [6.45, 7) is 6.10. The van der Waals surface area contributed by atoms with Crippen LogP contribution < -0.4 is 5.32 Å². The molecular formula is C24H23N3OS2. The van der Waals surface area contributed by atoms with Crippen molar-refractivity contribution in [2.45, 2.75) is 37.5 Å². The number of aromatic nitrogens is 2. The standard InChI is InChI=1S/C24H23N3OS2/c1-4-20(22(28)27-18-11-15(2)10-16(3)12-18)30-24-21-19(17-8-6-5-7-9-17)13-29-23(21)25-14-26-24/h5-14,20H,4H2,1-3H3,(H,27,28). The highest BCUT2D eigenvalue weighted by molar-refractivity contribution is 8.00. The molecular weight excluding hydrogens is 410 g/mol. The number of nitrogens with one attached hydrogen (secondary N) is 1. The van der Waals surface area contributed by atoms with Gasteiger partial charge in [-0.05, 0) is 49.1 Å². The van der Waals surface area contributed by atoms with Crippen LogP contribution in [0.1, 0.15) is 24.5 Å². The maximum Gasteiger partial charge on any atom is 0.237 e. The minimum atomic E-state index is -0.243. The molecule has 4 nitrogen and oxygen atoms in total. The Morgan fingerprint density at radius 3 is 2.53 bits per heavy atom. The average molecular weight is 434 g/mol. The number of aryl methyl sites for hydroxylation is 2. The maximum absolute atomic E-state index is 13.0. The minimum Gasteiger partial charge on any atom is -0.325 e. The van der Waals surface area contributed by atoms with E-state index in [4.69, 9.17) is 0 Å². The number of fused-ring (bicyclic) bond motifs is 1. The highest BCUT2D eigenvalue weighted by Gasteiger charge is 2.22. The van der Waals surface area contributed by atoms with Crippen LogP contribution in [0.5, 0.6) is 0 Å². The lowest BCUT2D eigenvalue weighted by Crippen LogP contribution is -2.24.